The molecule has 1 aromatic rings. The van der Waals surface area contributed by atoms with Gasteiger partial charge in [-0.2, -0.15) is 0 Å². The van der Waals surface area contributed by atoms with Gasteiger partial charge in [0.15, 0.2) is 0 Å². The molecule has 2 rings (SSSR count). The van der Waals surface area contributed by atoms with Gasteiger partial charge in [-0.15, -0.1) is 11.3 Å². The maximum absolute atomic E-state index is 12.2. The molecule has 1 unspecified atom stereocenters. The third-order valence-corrected chi connectivity index (χ3v) is 5.00. The topological polar surface area (TPSA) is 54.5 Å². The van der Waals surface area contributed by atoms with Crippen LogP contribution in [0.3, 0.4) is 0 Å². The fourth-order valence-electron chi connectivity index (χ4n) is 2.77. The second kappa shape index (κ2) is 8.11. The van der Waals surface area contributed by atoms with Gasteiger partial charge < -0.3 is 15.0 Å². The van der Waals surface area contributed by atoms with Crippen molar-refractivity contribution < 1.29 is 9.53 Å². The van der Waals surface area contributed by atoms with E-state index in [2.05, 4.69) is 17.2 Å². The molecule has 0 aromatic carbocycles. The molecular weight excluding hydrogens is 310 g/mol. The van der Waals surface area contributed by atoms with Gasteiger partial charge in [-0.25, -0.2) is 9.78 Å². The van der Waals surface area contributed by atoms with Crippen molar-refractivity contribution in [3.8, 4) is 0 Å². The third-order valence-electron chi connectivity index (χ3n) is 3.86. The summed E-state index contributed by atoms with van der Waals surface area (Å²) in [5.74, 6) is 0. The van der Waals surface area contributed by atoms with E-state index >= 15 is 0 Å². The van der Waals surface area contributed by atoms with Gasteiger partial charge in [0.1, 0.15) is 5.60 Å². The van der Waals surface area contributed by atoms with Gasteiger partial charge in [-0.05, 0) is 53.0 Å². The lowest BCUT2D eigenvalue weighted by Gasteiger charge is -2.28. The van der Waals surface area contributed by atoms with Crippen LogP contribution in [0.2, 0.25) is 0 Å². The van der Waals surface area contributed by atoms with Gasteiger partial charge in [0.05, 0.1) is 5.01 Å². The molecular formula is C17H29N3O2S. The van der Waals surface area contributed by atoms with E-state index in [0.29, 0.717) is 6.04 Å². The Morgan fingerprint density at radius 3 is 2.96 bits per heavy atom. The van der Waals surface area contributed by atoms with Crippen LogP contribution in [0.4, 0.5) is 4.79 Å². The summed E-state index contributed by atoms with van der Waals surface area (Å²) in [6, 6.07) is 0.296. The van der Waals surface area contributed by atoms with Crippen molar-refractivity contribution in [3.05, 3.63) is 16.1 Å². The highest BCUT2D eigenvalue weighted by atomic mass is 32.1. The number of amides is 1. The molecule has 1 aliphatic rings. The van der Waals surface area contributed by atoms with Gasteiger partial charge >= 0.3 is 6.09 Å². The van der Waals surface area contributed by atoms with Crippen molar-refractivity contribution in [2.45, 2.75) is 71.6 Å². The van der Waals surface area contributed by atoms with Crippen LogP contribution < -0.4 is 5.32 Å². The van der Waals surface area contributed by atoms with Crippen molar-refractivity contribution in [1.82, 2.24) is 15.2 Å². The first-order valence-electron chi connectivity index (χ1n) is 8.53. The molecule has 0 radical (unpaired) electrons. The molecule has 1 amide bonds. The van der Waals surface area contributed by atoms with Gasteiger partial charge in [0.2, 0.25) is 0 Å². The van der Waals surface area contributed by atoms with Gasteiger partial charge in [0.25, 0.3) is 0 Å². The zero-order valence-corrected chi connectivity index (χ0v) is 15.5. The normalized spacial score (nSPS) is 18.4. The molecule has 0 bridgehead atoms. The maximum Gasteiger partial charge on any atom is 0.410 e. The largest absolute Gasteiger partial charge is 0.444 e. The van der Waals surface area contributed by atoms with Crippen LogP contribution in [0.5, 0.6) is 0 Å². The summed E-state index contributed by atoms with van der Waals surface area (Å²) < 4.78 is 5.50. The zero-order valence-electron chi connectivity index (χ0n) is 14.7. The van der Waals surface area contributed by atoms with E-state index < -0.39 is 5.60 Å². The van der Waals surface area contributed by atoms with Crippen LogP contribution in [0.15, 0.2) is 6.20 Å². The van der Waals surface area contributed by atoms with E-state index in [4.69, 9.17) is 4.74 Å². The molecule has 1 aliphatic heterocycles. The molecule has 130 valence electrons. The monoisotopic (exact) mass is 339 g/mol. The van der Waals surface area contributed by atoms with Crippen molar-refractivity contribution >= 4 is 17.4 Å². The molecule has 0 saturated carbocycles. The quantitative estimate of drug-likeness (QED) is 0.805. The number of carbonyl (C=O) groups excluding carboxylic acids is 1. The van der Waals surface area contributed by atoms with Crippen LogP contribution in [-0.4, -0.2) is 40.7 Å². The molecule has 0 aliphatic carbocycles. The number of nitrogens with zero attached hydrogens (tertiary/aromatic N) is 2. The highest BCUT2D eigenvalue weighted by Gasteiger charge is 2.31. The smallest absolute Gasteiger partial charge is 0.410 e. The standard InChI is InChI=1S/C17H29N3O2S/c1-5-15-19-12-14(23-15)11-18-9-8-13-7-6-10-20(13)16(21)22-17(2,3)4/h12-13,18H,5-11H2,1-4H3. The van der Waals surface area contributed by atoms with Crippen molar-refractivity contribution in [3.63, 3.8) is 0 Å². The van der Waals surface area contributed by atoms with E-state index in [1.54, 1.807) is 11.3 Å². The third kappa shape index (κ3) is 5.77. The Morgan fingerprint density at radius 1 is 1.52 bits per heavy atom. The fourth-order valence-corrected chi connectivity index (χ4v) is 3.60. The molecule has 23 heavy (non-hydrogen) atoms. The second-order valence-electron chi connectivity index (χ2n) is 7.01. The minimum absolute atomic E-state index is 0.171. The predicted molar refractivity (Wildman–Crippen MR) is 93.8 cm³/mol. The van der Waals surface area contributed by atoms with E-state index in [9.17, 15) is 4.79 Å². The molecule has 1 saturated heterocycles. The van der Waals surface area contributed by atoms with Crippen LogP contribution >= 0.6 is 11.3 Å². The van der Waals surface area contributed by atoms with Crippen molar-refractivity contribution in [2.75, 3.05) is 13.1 Å². The summed E-state index contributed by atoms with van der Waals surface area (Å²) in [4.78, 5) is 19.8. The molecule has 1 fully saturated rings. The minimum Gasteiger partial charge on any atom is -0.444 e. The summed E-state index contributed by atoms with van der Waals surface area (Å²) in [6.45, 7) is 10.4. The lowest BCUT2D eigenvalue weighted by molar-refractivity contribution is 0.0221. The number of thiazole rings is 1. The number of hydrogen-bond donors (Lipinski definition) is 1. The molecule has 1 N–H and O–H groups in total. The Bertz CT molecular complexity index is 510. The number of nitrogens with one attached hydrogen (secondary N) is 1. The number of aromatic nitrogens is 1. The zero-order chi connectivity index (χ0) is 16.9. The first-order valence-corrected chi connectivity index (χ1v) is 9.34. The van der Waals surface area contributed by atoms with E-state index in [-0.39, 0.29) is 6.09 Å². The van der Waals surface area contributed by atoms with Crippen LogP contribution in [0, 0.1) is 0 Å². The average Bonchev–Trinajstić information content (AvgIpc) is 3.10. The number of ether oxygens (including phenoxy) is 1. The van der Waals surface area contributed by atoms with Crippen LogP contribution in [-0.2, 0) is 17.7 Å². The van der Waals surface area contributed by atoms with Gasteiger partial charge in [0, 0.05) is 30.2 Å². The number of carbonyl (C=O) groups is 1. The summed E-state index contributed by atoms with van der Waals surface area (Å²) in [6.07, 6.45) is 5.89. The predicted octanol–water partition coefficient (Wildman–Crippen LogP) is 3.58. The summed E-state index contributed by atoms with van der Waals surface area (Å²) in [5, 5.41) is 4.65. The molecule has 1 atom stereocenters. The highest BCUT2D eigenvalue weighted by Crippen LogP contribution is 2.22. The van der Waals surface area contributed by atoms with Crippen LogP contribution in [0.25, 0.3) is 0 Å². The van der Waals surface area contributed by atoms with Gasteiger partial charge in [-0.1, -0.05) is 6.92 Å². The van der Waals surface area contributed by atoms with Crippen molar-refractivity contribution in [2.24, 2.45) is 0 Å². The number of hydrogen-bond acceptors (Lipinski definition) is 5. The van der Waals surface area contributed by atoms with Crippen molar-refractivity contribution in [1.29, 1.82) is 0 Å². The first-order chi connectivity index (χ1) is 10.9. The Hall–Kier alpha value is -1.14. The highest BCUT2D eigenvalue weighted by molar-refractivity contribution is 7.11. The Balaban J connectivity index is 1.72. The lowest BCUT2D eigenvalue weighted by Crippen LogP contribution is -2.40. The molecule has 1 aromatic heterocycles. The molecule has 0 spiro atoms. The fraction of sp³-hybridized carbons (Fsp3) is 0.765. The molecule has 6 heteroatoms. The SMILES string of the molecule is CCc1ncc(CNCCC2CCCN2C(=O)OC(C)(C)C)s1. The number of likely N-dealkylation sites (tertiary alicyclic amines) is 1. The Kier molecular flexibility index (Phi) is 6.41. The molecule has 2 heterocycles. The number of aryl methyl sites for hydroxylation is 1. The Morgan fingerprint density at radius 2 is 2.30 bits per heavy atom. The first kappa shape index (κ1) is 18.2. The summed E-state index contributed by atoms with van der Waals surface area (Å²) >= 11 is 1.77. The minimum atomic E-state index is -0.425. The van der Waals surface area contributed by atoms with E-state index in [1.165, 1.54) is 9.88 Å². The summed E-state index contributed by atoms with van der Waals surface area (Å²) in [7, 11) is 0. The summed E-state index contributed by atoms with van der Waals surface area (Å²) in [5.41, 5.74) is -0.425. The Labute approximate surface area is 143 Å². The van der Waals surface area contributed by atoms with E-state index in [1.807, 2.05) is 31.9 Å². The van der Waals surface area contributed by atoms with Gasteiger partial charge in [-0.3, -0.25) is 0 Å². The lowest BCUT2D eigenvalue weighted by atomic mass is 10.1. The molecule has 5 nitrogen and oxygen atoms in total. The number of rotatable bonds is 6. The van der Waals surface area contributed by atoms with Crippen LogP contribution in [0.1, 0.15) is 56.8 Å². The average molecular weight is 340 g/mol. The maximum atomic E-state index is 12.2. The second-order valence-corrected chi connectivity index (χ2v) is 8.21. The van der Waals surface area contributed by atoms with E-state index in [0.717, 1.165) is 45.3 Å².